The second-order valence-corrected chi connectivity index (χ2v) is 9.52. The van der Waals surface area contributed by atoms with Crippen molar-refractivity contribution in [3.63, 3.8) is 0 Å². The highest BCUT2D eigenvalue weighted by atomic mass is 32.2. The van der Waals surface area contributed by atoms with Crippen molar-refractivity contribution in [2.24, 2.45) is 7.05 Å². The monoisotopic (exact) mass is 445 g/mol. The number of rotatable bonds is 6. The number of aromatic nitrogens is 5. The van der Waals surface area contributed by atoms with E-state index in [0.29, 0.717) is 29.7 Å². The summed E-state index contributed by atoms with van der Waals surface area (Å²) in [5.41, 5.74) is 2.03. The number of hydrogen-bond acceptors (Lipinski definition) is 6. The van der Waals surface area contributed by atoms with Gasteiger partial charge in [-0.3, -0.25) is 13.9 Å². The van der Waals surface area contributed by atoms with E-state index in [0.717, 1.165) is 10.9 Å². The van der Waals surface area contributed by atoms with Crippen molar-refractivity contribution in [3.05, 3.63) is 84.6 Å². The number of nitrogens with zero attached hydrogens (tertiary/aromatic N) is 5. The molecular formula is C23H19N5O3S. The smallest absolute Gasteiger partial charge is 0.233 e. The maximum Gasteiger partial charge on any atom is 0.233 e. The van der Waals surface area contributed by atoms with E-state index < -0.39 is 9.84 Å². The average molecular weight is 446 g/mol. The predicted octanol–water partition coefficient (Wildman–Crippen LogP) is 3.26. The SMILES string of the molecule is Cn1cc2ccc(S(=O)(=O)c3ccc(CCC(=O)c4cnc5nccn5c4)cc3)cc2n1. The van der Waals surface area contributed by atoms with Crippen LogP contribution in [0.2, 0.25) is 0 Å². The summed E-state index contributed by atoms with van der Waals surface area (Å²) >= 11 is 0. The number of ketones is 1. The van der Waals surface area contributed by atoms with Gasteiger partial charge in [-0.15, -0.1) is 0 Å². The fourth-order valence-electron chi connectivity index (χ4n) is 3.62. The van der Waals surface area contributed by atoms with Gasteiger partial charge < -0.3 is 0 Å². The third-order valence-electron chi connectivity index (χ3n) is 5.35. The van der Waals surface area contributed by atoms with Gasteiger partial charge in [0.05, 0.1) is 20.9 Å². The van der Waals surface area contributed by atoms with E-state index in [9.17, 15) is 13.2 Å². The molecule has 3 heterocycles. The third kappa shape index (κ3) is 3.67. The van der Waals surface area contributed by atoms with Crippen LogP contribution in [0.1, 0.15) is 22.3 Å². The largest absolute Gasteiger partial charge is 0.294 e. The minimum absolute atomic E-state index is 0.0338. The second-order valence-electron chi connectivity index (χ2n) is 7.57. The molecule has 0 amide bonds. The molecule has 0 saturated heterocycles. The number of carbonyl (C=O) groups excluding carboxylic acids is 1. The normalized spacial score (nSPS) is 11.9. The van der Waals surface area contributed by atoms with E-state index in [4.69, 9.17) is 0 Å². The Morgan fingerprint density at radius 2 is 1.78 bits per heavy atom. The van der Waals surface area contributed by atoms with Gasteiger partial charge in [-0.2, -0.15) is 5.10 Å². The number of aryl methyl sites for hydroxylation is 2. The Hall–Kier alpha value is -3.85. The number of hydrogen-bond donors (Lipinski definition) is 0. The second kappa shape index (κ2) is 7.69. The van der Waals surface area contributed by atoms with E-state index >= 15 is 0 Å². The molecule has 0 aliphatic heterocycles. The summed E-state index contributed by atoms with van der Waals surface area (Å²) in [6.07, 6.45) is 9.24. The van der Waals surface area contributed by atoms with Crippen LogP contribution in [0.4, 0.5) is 0 Å². The Morgan fingerprint density at radius 3 is 2.59 bits per heavy atom. The molecular weight excluding hydrogens is 426 g/mol. The molecule has 0 unspecified atom stereocenters. The van der Waals surface area contributed by atoms with Gasteiger partial charge in [0.25, 0.3) is 0 Å². The molecule has 8 nitrogen and oxygen atoms in total. The van der Waals surface area contributed by atoms with Crippen molar-refractivity contribution < 1.29 is 13.2 Å². The first kappa shape index (κ1) is 20.1. The summed E-state index contributed by atoms with van der Waals surface area (Å²) in [5.74, 6) is 0.508. The highest BCUT2D eigenvalue weighted by Crippen LogP contribution is 2.24. The maximum absolute atomic E-state index is 13.0. The lowest BCUT2D eigenvalue weighted by atomic mass is 10.0. The molecule has 0 atom stereocenters. The van der Waals surface area contributed by atoms with Crippen LogP contribution in [0.3, 0.4) is 0 Å². The zero-order valence-electron chi connectivity index (χ0n) is 17.2. The first-order valence-corrected chi connectivity index (χ1v) is 11.5. The molecule has 3 aromatic heterocycles. The molecule has 9 heteroatoms. The quantitative estimate of drug-likeness (QED) is 0.372. The molecule has 0 spiro atoms. The molecule has 160 valence electrons. The highest BCUT2D eigenvalue weighted by molar-refractivity contribution is 7.91. The van der Waals surface area contributed by atoms with Gasteiger partial charge >= 0.3 is 0 Å². The molecule has 2 aromatic carbocycles. The minimum atomic E-state index is -3.66. The highest BCUT2D eigenvalue weighted by Gasteiger charge is 2.19. The molecule has 5 aromatic rings. The molecule has 0 aliphatic rings. The fraction of sp³-hybridized carbons (Fsp3) is 0.130. The van der Waals surface area contributed by atoms with Crippen molar-refractivity contribution in [2.75, 3.05) is 0 Å². The summed E-state index contributed by atoms with van der Waals surface area (Å²) in [5, 5.41) is 5.17. The maximum atomic E-state index is 13.0. The van der Waals surface area contributed by atoms with E-state index in [1.165, 1.54) is 6.20 Å². The zero-order chi connectivity index (χ0) is 22.3. The first-order chi connectivity index (χ1) is 15.4. The lowest BCUT2D eigenvalue weighted by molar-refractivity contribution is 0.0982. The predicted molar refractivity (Wildman–Crippen MR) is 118 cm³/mol. The minimum Gasteiger partial charge on any atom is -0.294 e. The van der Waals surface area contributed by atoms with Gasteiger partial charge in [-0.1, -0.05) is 12.1 Å². The first-order valence-electron chi connectivity index (χ1n) is 9.99. The van der Waals surface area contributed by atoms with Crippen molar-refractivity contribution in [3.8, 4) is 0 Å². The number of sulfone groups is 1. The Kier molecular flexibility index (Phi) is 4.82. The Labute approximate surface area is 184 Å². The van der Waals surface area contributed by atoms with Gasteiger partial charge in [0.1, 0.15) is 0 Å². The molecule has 32 heavy (non-hydrogen) atoms. The van der Waals surface area contributed by atoms with Crippen LogP contribution in [0.25, 0.3) is 16.7 Å². The van der Waals surface area contributed by atoms with Crippen LogP contribution in [0.5, 0.6) is 0 Å². The number of fused-ring (bicyclic) bond motifs is 2. The Morgan fingerprint density at radius 1 is 1.00 bits per heavy atom. The summed E-state index contributed by atoms with van der Waals surface area (Å²) in [6, 6.07) is 11.6. The van der Waals surface area contributed by atoms with E-state index in [2.05, 4.69) is 15.1 Å². The summed E-state index contributed by atoms with van der Waals surface area (Å²) in [6.45, 7) is 0. The van der Waals surface area contributed by atoms with Crippen LogP contribution < -0.4 is 0 Å². The molecule has 0 bridgehead atoms. The van der Waals surface area contributed by atoms with Gasteiger partial charge in [0.15, 0.2) is 5.78 Å². The van der Waals surface area contributed by atoms with Crippen molar-refractivity contribution >= 4 is 32.3 Å². The molecule has 0 aliphatic carbocycles. The number of carbonyl (C=O) groups is 1. The van der Waals surface area contributed by atoms with Gasteiger partial charge in [0, 0.05) is 49.8 Å². The van der Waals surface area contributed by atoms with Gasteiger partial charge in [-0.05, 0) is 42.3 Å². The molecule has 0 saturated carbocycles. The lowest BCUT2D eigenvalue weighted by Gasteiger charge is -2.07. The van der Waals surface area contributed by atoms with E-state index in [1.54, 1.807) is 77.2 Å². The summed E-state index contributed by atoms with van der Waals surface area (Å²) < 4.78 is 29.4. The van der Waals surface area contributed by atoms with Crippen molar-refractivity contribution in [1.29, 1.82) is 0 Å². The van der Waals surface area contributed by atoms with Crippen LogP contribution in [-0.4, -0.2) is 38.4 Å². The van der Waals surface area contributed by atoms with E-state index in [-0.39, 0.29) is 15.6 Å². The van der Waals surface area contributed by atoms with Crippen LogP contribution >= 0.6 is 0 Å². The molecule has 0 radical (unpaired) electrons. The average Bonchev–Trinajstić information content (AvgIpc) is 3.41. The molecule has 0 fully saturated rings. The topological polar surface area (TPSA) is 99.2 Å². The molecule has 0 N–H and O–H groups in total. The Bertz CT molecular complexity index is 1570. The number of Topliss-reactive ketones (excluding diaryl/α,β-unsaturated/α-hetero) is 1. The van der Waals surface area contributed by atoms with Crippen LogP contribution in [0, 0.1) is 0 Å². The zero-order valence-corrected chi connectivity index (χ0v) is 18.0. The molecule has 5 rings (SSSR count). The van der Waals surface area contributed by atoms with Crippen molar-refractivity contribution in [2.45, 2.75) is 22.6 Å². The van der Waals surface area contributed by atoms with Crippen LogP contribution in [-0.2, 0) is 23.3 Å². The number of imidazole rings is 1. The Balaban J connectivity index is 1.31. The van der Waals surface area contributed by atoms with Crippen LogP contribution in [0.15, 0.2) is 83.2 Å². The third-order valence-corrected chi connectivity index (χ3v) is 7.11. The lowest BCUT2D eigenvalue weighted by Crippen LogP contribution is -2.05. The summed E-state index contributed by atoms with van der Waals surface area (Å²) in [7, 11) is -1.86. The van der Waals surface area contributed by atoms with Gasteiger partial charge in [-0.25, -0.2) is 18.4 Å². The fourth-order valence-corrected chi connectivity index (χ4v) is 4.90. The standard InChI is InChI=1S/C23H19N5O3S/c1-27-14-17-5-8-20(12-21(17)26-27)32(30,31)19-6-2-16(3-7-19)4-9-22(29)18-13-25-23-24-10-11-28(23)15-18/h2-3,5-8,10-15H,4,9H2,1H3. The van der Waals surface area contributed by atoms with Gasteiger partial charge in [0.2, 0.25) is 15.6 Å². The van der Waals surface area contributed by atoms with E-state index in [1.807, 2.05) is 6.20 Å². The summed E-state index contributed by atoms with van der Waals surface area (Å²) in [4.78, 5) is 21.2. The van der Waals surface area contributed by atoms with Crippen molar-refractivity contribution in [1.82, 2.24) is 24.1 Å². The number of benzene rings is 2.